The minimum atomic E-state index is -4.62. The van der Waals surface area contributed by atoms with Gasteiger partial charge in [-0.15, -0.1) is 0 Å². The molecule has 6 nitrogen and oxygen atoms in total. The second-order valence-electron chi connectivity index (χ2n) is 6.98. The number of aliphatic imine (C=N–C) groups is 1. The van der Waals surface area contributed by atoms with E-state index in [2.05, 4.69) is 20.4 Å². The number of aromatic nitrogens is 3. The van der Waals surface area contributed by atoms with Crippen LogP contribution in [0.1, 0.15) is 54.4 Å². The number of pyridine rings is 1. The summed E-state index contributed by atoms with van der Waals surface area (Å²) in [7, 11) is 0. The highest BCUT2D eigenvalue weighted by atomic mass is 19.4. The molecule has 156 valence electrons. The van der Waals surface area contributed by atoms with Gasteiger partial charge in [0.2, 0.25) is 0 Å². The number of aryl methyl sites for hydroxylation is 2. The van der Waals surface area contributed by atoms with E-state index in [1.807, 2.05) is 13.8 Å². The lowest BCUT2D eigenvalue weighted by molar-refractivity contribution is -0.141. The fourth-order valence-corrected chi connectivity index (χ4v) is 3.49. The van der Waals surface area contributed by atoms with Gasteiger partial charge < -0.3 is 5.32 Å². The van der Waals surface area contributed by atoms with Crippen molar-refractivity contribution in [2.75, 3.05) is 5.32 Å². The highest BCUT2D eigenvalue weighted by Crippen LogP contribution is 2.43. The highest BCUT2D eigenvalue weighted by Gasteiger charge is 2.38. The van der Waals surface area contributed by atoms with E-state index >= 15 is 0 Å². The number of carbonyl (C=O) groups is 1. The molecule has 10 heteroatoms. The predicted molar refractivity (Wildman–Crippen MR) is 99.8 cm³/mol. The maximum atomic E-state index is 13.7. The van der Waals surface area contributed by atoms with Crippen molar-refractivity contribution in [2.24, 2.45) is 4.99 Å². The smallest absolute Gasteiger partial charge is 0.305 e. The van der Waals surface area contributed by atoms with Gasteiger partial charge in [-0.3, -0.25) is 4.68 Å². The Morgan fingerprint density at radius 3 is 2.79 bits per heavy atom. The predicted octanol–water partition coefficient (Wildman–Crippen LogP) is 4.66. The molecule has 0 bridgehead atoms. The van der Waals surface area contributed by atoms with Gasteiger partial charge in [-0.1, -0.05) is 6.92 Å². The molecule has 1 atom stereocenters. The standard InChI is InChI=1S/C19H21F4N5O/c1-4-28-9-12(20)13(27-28)7-8-24-18(29)26-16-11(3)17(19(21,22)23)25-14-6-5-10(2)15(14)16/h8-10H,4-7H2,1-3H3,(H,25,26,29)/b24-8-/t10-/m1/s1. The van der Waals surface area contributed by atoms with Crippen LogP contribution in [0.5, 0.6) is 0 Å². The lowest BCUT2D eigenvalue weighted by Crippen LogP contribution is -2.18. The second kappa shape index (κ2) is 7.92. The number of rotatable bonds is 4. The number of nitrogens with one attached hydrogen (secondary N) is 1. The number of halogens is 4. The van der Waals surface area contributed by atoms with Crippen LogP contribution in [0, 0.1) is 12.7 Å². The summed E-state index contributed by atoms with van der Waals surface area (Å²) in [4.78, 5) is 19.7. The van der Waals surface area contributed by atoms with Crippen LogP contribution in [-0.4, -0.2) is 27.0 Å². The quantitative estimate of drug-likeness (QED) is 0.588. The Labute approximate surface area is 165 Å². The molecule has 0 radical (unpaired) electrons. The van der Waals surface area contributed by atoms with E-state index in [1.54, 1.807) is 0 Å². The first-order valence-corrected chi connectivity index (χ1v) is 9.27. The Bertz CT molecular complexity index is 964. The number of nitrogens with zero attached hydrogens (tertiary/aromatic N) is 4. The van der Waals surface area contributed by atoms with E-state index in [0.717, 1.165) is 0 Å². The molecule has 2 amide bonds. The Hall–Kier alpha value is -2.78. The number of hydrogen-bond donors (Lipinski definition) is 1. The summed E-state index contributed by atoms with van der Waals surface area (Å²) in [6.45, 7) is 5.48. The van der Waals surface area contributed by atoms with Crippen molar-refractivity contribution >= 4 is 17.9 Å². The fraction of sp³-hybridized carbons (Fsp3) is 0.474. The summed E-state index contributed by atoms with van der Waals surface area (Å²) in [5, 5.41) is 6.48. The number of fused-ring (bicyclic) bond motifs is 1. The van der Waals surface area contributed by atoms with Crippen LogP contribution in [0.2, 0.25) is 0 Å². The van der Waals surface area contributed by atoms with Crippen LogP contribution in [0.4, 0.5) is 28.0 Å². The van der Waals surface area contributed by atoms with Crippen LogP contribution in [0.15, 0.2) is 11.2 Å². The molecule has 1 aliphatic carbocycles. The van der Waals surface area contributed by atoms with E-state index in [1.165, 1.54) is 24.0 Å². The molecule has 0 fully saturated rings. The summed E-state index contributed by atoms with van der Waals surface area (Å²) in [6.07, 6.45) is -1.12. The van der Waals surface area contributed by atoms with Gasteiger partial charge in [-0.05, 0) is 32.6 Å². The molecular formula is C19H21F4N5O. The third-order valence-electron chi connectivity index (χ3n) is 4.97. The molecule has 29 heavy (non-hydrogen) atoms. The zero-order chi connectivity index (χ0) is 21.3. The first-order valence-electron chi connectivity index (χ1n) is 9.27. The van der Waals surface area contributed by atoms with Crippen molar-refractivity contribution in [3.63, 3.8) is 0 Å². The number of hydrogen-bond acceptors (Lipinski definition) is 3. The van der Waals surface area contributed by atoms with Crippen LogP contribution in [0.3, 0.4) is 0 Å². The van der Waals surface area contributed by atoms with Gasteiger partial charge in [0.05, 0.1) is 11.9 Å². The fourth-order valence-electron chi connectivity index (χ4n) is 3.49. The topological polar surface area (TPSA) is 72.2 Å². The molecular weight excluding hydrogens is 390 g/mol. The van der Waals surface area contributed by atoms with Gasteiger partial charge in [0.15, 0.2) is 5.82 Å². The Morgan fingerprint density at radius 2 is 2.17 bits per heavy atom. The highest BCUT2D eigenvalue weighted by molar-refractivity contribution is 5.96. The zero-order valence-electron chi connectivity index (χ0n) is 16.3. The lowest BCUT2D eigenvalue weighted by Gasteiger charge is -2.19. The Kier molecular flexibility index (Phi) is 5.72. The third-order valence-corrected chi connectivity index (χ3v) is 4.97. The molecule has 0 unspecified atom stereocenters. The minimum Gasteiger partial charge on any atom is -0.305 e. The van der Waals surface area contributed by atoms with Crippen molar-refractivity contribution in [2.45, 2.75) is 58.7 Å². The second-order valence-corrected chi connectivity index (χ2v) is 6.98. The van der Waals surface area contributed by atoms with E-state index < -0.39 is 23.7 Å². The maximum absolute atomic E-state index is 13.7. The molecule has 2 heterocycles. The number of alkyl halides is 3. The molecule has 0 aliphatic heterocycles. The summed E-state index contributed by atoms with van der Waals surface area (Å²) < 4.78 is 55.2. The first kappa shape index (κ1) is 20.9. The average molecular weight is 411 g/mol. The van der Waals surface area contributed by atoms with Gasteiger partial charge in [-0.25, -0.2) is 19.2 Å². The number of urea groups is 1. The largest absolute Gasteiger partial charge is 0.433 e. The molecule has 2 aromatic heterocycles. The van der Waals surface area contributed by atoms with Crippen LogP contribution < -0.4 is 5.32 Å². The van der Waals surface area contributed by atoms with Gasteiger partial charge in [0.1, 0.15) is 11.4 Å². The van der Waals surface area contributed by atoms with Crippen LogP contribution in [-0.2, 0) is 25.6 Å². The molecule has 3 rings (SSSR count). The zero-order valence-corrected chi connectivity index (χ0v) is 16.3. The van der Waals surface area contributed by atoms with E-state index in [4.69, 9.17) is 0 Å². The summed E-state index contributed by atoms with van der Waals surface area (Å²) in [5.74, 6) is -0.532. The van der Waals surface area contributed by atoms with Crippen molar-refractivity contribution < 1.29 is 22.4 Å². The third kappa shape index (κ3) is 4.30. The molecule has 2 aromatic rings. The Balaban J connectivity index is 1.82. The van der Waals surface area contributed by atoms with Crippen molar-refractivity contribution in [1.82, 2.24) is 14.8 Å². The monoisotopic (exact) mass is 411 g/mol. The van der Waals surface area contributed by atoms with Crippen molar-refractivity contribution in [3.8, 4) is 0 Å². The lowest BCUT2D eigenvalue weighted by atomic mass is 9.99. The van der Waals surface area contributed by atoms with E-state index in [-0.39, 0.29) is 29.3 Å². The maximum Gasteiger partial charge on any atom is 0.433 e. The molecule has 1 aliphatic rings. The SMILES string of the molecule is CCn1cc(F)c(C/C=N\C(=O)Nc2c(C)c(C(F)(F)F)nc3c2[C@H](C)CC3)n1. The Morgan fingerprint density at radius 1 is 1.45 bits per heavy atom. The average Bonchev–Trinajstić information content (AvgIpc) is 3.19. The summed E-state index contributed by atoms with van der Waals surface area (Å²) in [6, 6.07) is -0.830. The molecule has 0 saturated heterocycles. The van der Waals surface area contributed by atoms with Gasteiger partial charge in [0.25, 0.3) is 0 Å². The summed E-state index contributed by atoms with van der Waals surface area (Å²) >= 11 is 0. The number of amides is 2. The minimum absolute atomic E-state index is 0.0100. The van der Waals surface area contributed by atoms with Crippen LogP contribution in [0.25, 0.3) is 0 Å². The van der Waals surface area contributed by atoms with Crippen molar-refractivity contribution in [3.05, 3.63) is 40.2 Å². The number of carbonyl (C=O) groups excluding carboxylic acids is 1. The molecule has 0 spiro atoms. The summed E-state index contributed by atoms with van der Waals surface area (Å²) in [5.41, 5.74) is 0.0695. The molecule has 1 N–H and O–H groups in total. The van der Waals surface area contributed by atoms with Crippen LogP contribution >= 0.6 is 0 Å². The molecule has 0 saturated carbocycles. The van der Waals surface area contributed by atoms with E-state index in [0.29, 0.717) is 30.6 Å². The normalized spacial score (nSPS) is 16.4. The van der Waals surface area contributed by atoms with E-state index in [9.17, 15) is 22.4 Å². The van der Waals surface area contributed by atoms with Crippen molar-refractivity contribution in [1.29, 1.82) is 0 Å². The number of anilines is 1. The van der Waals surface area contributed by atoms with Gasteiger partial charge in [0, 0.05) is 36.0 Å². The van der Waals surface area contributed by atoms with Gasteiger partial charge >= 0.3 is 12.2 Å². The van der Waals surface area contributed by atoms with Gasteiger partial charge in [-0.2, -0.15) is 18.3 Å². The first-order chi connectivity index (χ1) is 13.6. The molecule has 0 aromatic carbocycles.